The zero-order chi connectivity index (χ0) is 19.8. The average Bonchev–Trinajstić information content (AvgIpc) is 3.22. The molecule has 1 aromatic carbocycles. The highest BCUT2D eigenvalue weighted by molar-refractivity contribution is 5.93. The maximum atomic E-state index is 5.45. The second-order valence-corrected chi connectivity index (χ2v) is 6.77. The van der Waals surface area contributed by atoms with Crippen molar-refractivity contribution in [1.29, 1.82) is 0 Å². The molecule has 0 aliphatic heterocycles. The summed E-state index contributed by atoms with van der Waals surface area (Å²) >= 11 is 0. The number of nitrogens with zero attached hydrogens (tertiary/aromatic N) is 5. The molecule has 4 rings (SSSR count). The number of hydrogen-bond acceptors (Lipinski definition) is 6. The summed E-state index contributed by atoms with van der Waals surface area (Å²) < 4.78 is 9.03. The Labute approximate surface area is 163 Å². The Kier molecular flexibility index (Phi) is 4.38. The van der Waals surface area contributed by atoms with Crippen molar-refractivity contribution in [2.45, 2.75) is 13.8 Å². The Morgan fingerprint density at radius 2 is 1.82 bits per heavy atom. The molecule has 3 heterocycles. The summed E-state index contributed by atoms with van der Waals surface area (Å²) in [4.78, 5) is 4.53. The number of rotatable bonds is 5. The van der Waals surface area contributed by atoms with Crippen LogP contribution in [-0.4, -0.2) is 31.7 Å². The highest BCUT2D eigenvalue weighted by atomic mass is 16.5. The molecular weight excluding hydrogens is 354 g/mol. The molecule has 28 heavy (non-hydrogen) atoms. The van der Waals surface area contributed by atoms with E-state index < -0.39 is 0 Å². The van der Waals surface area contributed by atoms with Gasteiger partial charge in [-0.05, 0) is 25.5 Å². The molecule has 0 amide bonds. The first-order valence-electron chi connectivity index (χ1n) is 8.97. The predicted molar refractivity (Wildman–Crippen MR) is 111 cm³/mol. The van der Waals surface area contributed by atoms with E-state index in [-0.39, 0.29) is 0 Å². The smallest absolute Gasteiger partial charge is 0.161 e. The number of aromatic nitrogens is 5. The van der Waals surface area contributed by atoms with Crippen LogP contribution in [0.2, 0.25) is 0 Å². The van der Waals surface area contributed by atoms with Gasteiger partial charge in [-0.2, -0.15) is 10.2 Å². The van der Waals surface area contributed by atoms with Crippen LogP contribution in [0.1, 0.15) is 11.1 Å². The van der Waals surface area contributed by atoms with Crippen LogP contribution in [0.25, 0.3) is 10.9 Å². The van der Waals surface area contributed by atoms with Crippen LogP contribution < -0.4 is 15.4 Å². The number of benzene rings is 1. The summed E-state index contributed by atoms with van der Waals surface area (Å²) in [5.74, 6) is 3.06. The lowest BCUT2D eigenvalue weighted by atomic mass is 10.1. The topological polar surface area (TPSA) is 81.8 Å². The number of methoxy groups -OCH3 is 1. The van der Waals surface area contributed by atoms with Crippen molar-refractivity contribution in [3.63, 3.8) is 0 Å². The van der Waals surface area contributed by atoms with E-state index in [1.54, 1.807) is 11.8 Å². The molecule has 0 unspecified atom stereocenters. The third-order valence-electron chi connectivity index (χ3n) is 4.79. The standard InChI is InChI=1S/C20H23N7O/c1-12-6-7-16(28-5)13(2)19(12)23-20-14-11-21-18(10-15(14)27(4)25-20)22-17-8-9-26(3)24-17/h6-11H,1-5H3,(H,23,25)(H,21,22,24). The van der Waals surface area contributed by atoms with Gasteiger partial charge in [0.1, 0.15) is 11.6 Å². The summed E-state index contributed by atoms with van der Waals surface area (Å²) in [6, 6.07) is 7.87. The van der Waals surface area contributed by atoms with Gasteiger partial charge in [0.2, 0.25) is 0 Å². The Bertz CT molecular complexity index is 1160. The van der Waals surface area contributed by atoms with Crippen molar-refractivity contribution in [3.05, 3.63) is 47.8 Å². The van der Waals surface area contributed by atoms with Gasteiger partial charge >= 0.3 is 0 Å². The predicted octanol–water partition coefficient (Wildman–Crippen LogP) is 3.81. The lowest BCUT2D eigenvalue weighted by molar-refractivity contribution is 0.412. The van der Waals surface area contributed by atoms with Gasteiger partial charge in [-0.15, -0.1) is 0 Å². The van der Waals surface area contributed by atoms with Crippen LogP contribution >= 0.6 is 0 Å². The Morgan fingerprint density at radius 1 is 1.00 bits per heavy atom. The second-order valence-electron chi connectivity index (χ2n) is 6.77. The molecule has 0 saturated heterocycles. The fraction of sp³-hybridized carbons (Fsp3) is 0.250. The molecule has 8 nitrogen and oxygen atoms in total. The Balaban J connectivity index is 1.70. The number of ether oxygens (including phenoxy) is 1. The van der Waals surface area contributed by atoms with Crippen LogP contribution in [0, 0.1) is 13.8 Å². The van der Waals surface area contributed by atoms with E-state index in [1.807, 2.05) is 62.4 Å². The molecule has 0 aliphatic rings. The van der Waals surface area contributed by atoms with E-state index in [2.05, 4.69) is 32.7 Å². The van der Waals surface area contributed by atoms with Crippen LogP contribution in [0.4, 0.5) is 23.1 Å². The Morgan fingerprint density at radius 3 is 2.54 bits per heavy atom. The largest absolute Gasteiger partial charge is 0.496 e. The van der Waals surface area contributed by atoms with Gasteiger partial charge in [0.25, 0.3) is 0 Å². The first kappa shape index (κ1) is 17.8. The molecule has 4 aromatic rings. The lowest BCUT2D eigenvalue weighted by Crippen LogP contribution is -2.00. The van der Waals surface area contributed by atoms with E-state index in [1.165, 1.54) is 0 Å². The molecule has 144 valence electrons. The van der Waals surface area contributed by atoms with Crippen molar-refractivity contribution < 1.29 is 4.74 Å². The van der Waals surface area contributed by atoms with Gasteiger partial charge in [0.15, 0.2) is 11.6 Å². The molecule has 0 aliphatic carbocycles. The summed E-state index contributed by atoms with van der Waals surface area (Å²) in [6.45, 7) is 4.10. The summed E-state index contributed by atoms with van der Waals surface area (Å²) in [5, 5.41) is 16.6. The van der Waals surface area contributed by atoms with E-state index in [0.717, 1.165) is 50.9 Å². The number of anilines is 4. The van der Waals surface area contributed by atoms with Gasteiger partial charge in [-0.1, -0.05) is 6.07 Å². The number of aryl methyl sites for hydroxylation is 3. The zero-order valence-corrected chi connectivity index (χ0v) is 16.6. The molecular formula is C20H23N7O. The van der Waals surface area contributed by atoms with E-state index in [9.17, 15) is 0 Å². The van der Waals surface area contributed by atoms with Crippen LogP contribution in [0.3, 0.4) is 0 Å². The molecule has 0 bridgehead atoms. The molecule has 0 spiro atoms. The van der Waals surface area contributed by atoms with Gasteiger partial charge in [0, 0.05) is 49.9 Å². The third-order valence-corrected chi connectivity index (χ3v) is 4.79. The van der Waals surface area contributed by atoms with Crippen LogP contribution in [0.5, 0.6) is 5.75 Å². The minimum Gasteiger partial charge on any atom is -0.496 e. The molecule has 0 radical (unpaired) electrons. The Hall–Kier alpha value is -3.55. The minimum absolute atomic E-state index is 0.717. The highest BCUT2D eigenvalue weighted by Gasteiger charge is 2.14. The minimum atomic E-state index is 0.717. The quantitative estimate of drug-likeness (QED) is 0.550. The van der Waals surface area contributed by atoms with Crippen molar-refractivity contribution in [2.75, 3.05) is 17.7 Å². The molecule has 0 atom stereocenters. The summed E-state index contributed by atoms with van der Waals surface area (Å²) in [5.41, 5.74) is 4.13. The second kappa shape index (κ2) is 6.88. The number of hydrogen-bond donors (Lipinski definition) is 2. The molecule has 2 N–H and O–H groups in total. The zero-order valence-electron chi connectivity index (χ0n) is 16.6. The fourth-order valence-electron chi connectivity index (χ4n) is 3.29. The third kappa shape index (κ3) is 3.13. The van der Waals surface area contributed by atoms with Gasteiger partial charge in [0.05, 0.1) is 18.0 Å². The van der Waals surface area contributed by atoms with Gasteiger partial charge in [-0.3, -0.25) is 9.36 Å². The SMILES string of the molecule is COc1ccc(C)c(Nc2nn(C)c3cc(Nc4ccn(C)n4)ncc23)c1C. The number of nitrogens with one attached hydrogen (secondary N) is 2. The van der Waals surface area contributed by atoms with Crippen molar-refractivity contribution in [3.8, 4) is 5.75 Å². The van der Waals surface area contributed by atoms with Crippen LogP contribution in [-0.2, 0) is 14.1 Å². The average molecular weight is 377 g/mol. The van der Waals surface area contributed by atoms with Crippen molar-refractivity contribution in [2.24, 2.45) is 14.1 Å². The van der Waals surface area contributed by atoms with Crippen LogP contribution in [0.15, 0.2) is 36.7 Å². The molecule has 0 fully saturated rings. The highest BCUT2D eigenvalue weighted by Crippen LogP contribution is 2.33. The summed E-state index contributed by atoms with van der Waals surface area (Å²) in [6.07, 6.45) is 3.70. The molecule has 0 saturated carbocycles. The van der Waals surface area contributed by atoms with Gasteiger partial charge < -0.3 is 15.4 Å². The molecule has 8 heteroatoms. The van der Waals surface area contributed by atoms with Gasteiger partial charge in [-0.25, -0.2) is 4.98 Å². The normalized spacial score (nSPS) is 11.0. The fourth-order valence-corrected chi connectivity index (χ4v) is 3.29. The number of fused-ring (bicyclic) bond motifs is 1. The first-order valence-corrected chi connectivity index (χ1v) is 8.97. The van der Waals surface area contributed by atoms with Crippen molar-refractivity contribution in [1.82, 2.24) is 24.5 Å². The maximum absolute atomic E-state index is 5.45. The van der Waals surface area contributed by atoms with E-state index in [0.29, 0.717) is 0 Å². The van der Waals surface area contributed by atoms with Crippen molar-refractivity contribution >= 4 is 34.0 Å². The monoisotopic (exact) mass is 377 g/mol. The maximum Gasteiger partial charge on any atom is 0.161 e. The lowest BCUT2D eigenvalue weighted by Gasteiger charge is -2.14. The van der Waals surface area contributed by atoms with E-state index >= 15 is 0 Å². The molecule has 3 aromatic heterocycles. The number of pyridine rings is 1. The van der Waals surface area contributed by atoms with E-state index in [4.69, 9.17) is 4.74 Å². The summed E-state index contributed by atoms with van der Waals surface area (Å²) in [7, 11) is 5.48. The first-order chi connectivity index (χ1) is 13.5.